The van der Waals surface area contributed by atoms with Crippen molar-refractivity contribution in [1.82, 2.24) is 20.4 Å². The lowest BCUT2D eigenvalue weighted by Gasteiger charge is -2.17. The normalized spacial score (nSPS) is 11.5. The van der Waals surface area contributed by atoms with Crippen LogP contribution in [-0.2, 0) is 16.0 Å². The summed E-state index contributed by atoms with van der Waals surface area (Å²) in [6.45, 7) is 4.20. The van der Waals surface area contributed by atoms with E-state index in [4.69, 9.17) is 9.26 Å². The summed E-state index contributed by atoms with van der Waals surface area (Å²) in [6.07, 6.45) is 0.615. The molecule has 9 nitrogen and oxygen atoms in total. The summed E-state index contributed by atoms with van der Waals surface area (Å²) >= 11 is 0. The number of amides is 2. The standard InChI is InChI=1S/C31H26FN5O4/c1-19-3-8-22(9-4-19)24-12-14-27(33-17-24)34-31(39)35-28(40-18-38)16-21-7-13-25(26(32)15-21)29-36-30(41-37-29)23-10-5-20(2)6-11-23/h3-15,17-18,28H,16H2,1-2H3,(H2,33,34,35,39). The Morgan fingerprint density at radius 3 is 2.27 bits per heavy atom. The van der Waals surface area contributed by atoms with Gasteiger partial charge in [-0.3, -0.25) is 10.1 Å². The molecule has 2 amide bonds. The SMILES string of the molecule is Cc1ccc(-c2ccc(NC(=O)NC(Cc3ccc(-c4noc(-c5ccc(C)cc5)n4)c(F)c3)OC=O)nc2)cc1. The fourth-order valence-corrected chi connectivity index (χ4v) is 4.11. The molecular weight excluding hydrogens is 525 g/mol. The number of hydrogen-bond acceptors (Lipinski definition) is 7. The number of hydrogen-bond donors (Lipinski definition) is 2. The average Bonchev–Trinajstić information content (AvgIpc) is 3.44. The molecule has 2 aromatic heterocycles. The van der Waals surface area contributed by atoms with Gasteiger partial charge >= 0.3 is 6.03 Å². The Morgan fingerprint density at radius 2 is 1.63 bits per heavy atom. The van der Waals surface area contributed by atoms with Gasteiger partial charge in [-0.1, -0.05) is 58.7 Å². The van der Waals surface area contributed by atoms with Gasteiger partial charge in [-0.05, 0) is 61.4 Å². The lowest BCUT2D eigenvalue weighted by molar-refractivity contribution is -0.134. The number of nitrogens with one attached hydrogen (secondary N) is 2. The summed E-state index contributed by atoms with van der Waals surface area (Å²) in [5.74, 6) is 0.0933. The highest BCUT2D eigenvalue weighted by Crippen LogP contribution is 2.26. The first-order valence-corrected chi connectivity index (χ1v) is 12.8. The van der Waals surface area contributed by atoms with Gasteiger partial charge in [-0.2, -0.15) is 4.98 Å². The van der Waals surface area contributed by atoms with E-state index in [1.807, 2.05) is 68.4 Å². The number of ether oxygens (including phenoxy) is 1. The van der Waals surface area contributed by atoms with Crippen molar-refractivity contribution < 1.29 is 23.2 Å². The van der Waals surface area contributed by atoms with Crippen molar-refractivity contribution in [3.8, 4) is 34.0 Å². The van der Waals surface area contributed by atoms with Crippen LogP contribution in [0.15, 0.2) is 89.6 Å². The quantitative estimate of drug-likeness (QED) is 0.168. The number of pyridine rings is 1. The Bertz CT molecular complexity index is 1650. The summed E-state index contributed by atoms with van der Waals surface area (Å²) in [5.41, 5.74) is 5.49. The predicted octanol–water partition coefficient (Wildman–Crippen LogP) is 6.08. The molecule has 0 aliphatic rings. The molecule has 3 aromatic carbocycles. The molecule has 0 aliphatic carbocycles. The number of benzene rings is 3. The molecule has 10 heteroatoms. The molecule has 2 N–H and O–H groups in total. The van der Waals surface area contributed by atoms with Gasteiger partial charge in [0.25, 0.3) is 12.4 Å². The number of rotatable bonds is 9. The number of aromatic nitrogens is 3. The topological polar surface area (TPSA) is 119 Å². The second kappa shape index (κ2) is 12.2. The zero-order valence-electron chi connectivity index (χ0n) is 22.3. The van der Waals surface area contributed by atoms with Gasteiger partial charge in [0.1, 0.15) is 11.6 Å². The van der Waals surface area contributed by atoms with Crippen molar-refractivity contribution in [2.45, 2.75) is 26.5 Å². The minimum absolute atomic E-state index is 0.0179. The summed E-state index contributed by atoms with van der Waals surface area (Å²) in [5, 5.41) is 9.06. The lowest BCUT2D eigenvalue weighted by atomic mass is 10.1. The Labute approximate surface area is 235 Å². The van der Waals surface area contributed by atoms with Gasteiger partial charge < -0.3 is 14.6 Å². The van der Waals surface area contributed by atoms with Crippen LogP contribution in [0.5, 0.6) is 0 Å². The number of carbonyl (C=O) groups is 2. The van der Waals surface area contributed by atoms with Crippen LogP contribution >= 0.6 is 0 Å². The molecular formula is C31H26FN5O4. The van der Waals surface area contributed by atoms with Gasteiger partial charge in [0.05, 0.1) is 5.56 Å². The molecule has 41 heavy (non-hydrogen) atoms. The number of urea groups is 1. The van der Waals surface area contributed by atoms with Crippen molar-refractivity contribution in [2.75, 3.05) is 5.32 Å². The molecule has 0 saturated heterocycles. The van der Waals surface area contributed by atoms with E-state index in [9.17, 15) is 9.59 Å². The molecule has 0 bridgehead atoms. The van der Waals surface area contributed by atoms with Crippen molar-refractivity contribution in [3.05, 3.63) is 108 Å². The largest absolute Gasteiger partial charge is 0.443 e. The Balaban J connectivity index is 1.21. The van der Waals surface area contributed by atoms with Crippen molar-refractivity contribution in [1.29, 1.82) is 0 Å². The maximum Gasteiger partial charge on any atom is 0.323 e. The number of anilines is 1. The van der Waals surface area contributed by atoms with E-state index in [0.29, 0.717) is 11.4 Å². The van der Waals surface area contributed by atoms with E-state index in [2.05, 4.69) is 25.8 Å². The highest BCUT2D eigenvalue weighted by molar-refractivity contribution is 5.88. The maximum atomic E-state index is 15.0. The van der Waals surface area contributed by atoms with Crippen molar-refractivity contribution >= 4 is 18.3 Å². The third-order valence-electron chi connectivity index (χ3n) is 6.32. The van der Waals surface area contributed by atoms with Crippen LogP contribution in [0.4, 0.5) is 15.0 Å². The molecule has 206 valence electrons. The van der Waals surface area contributed by atoms with Gasteiger partial charge in [0.15, 0.2) is 6.23 Å². The molecule has 0 aliphatic heterocycles. The van der Waals surface area contributed by atoms with Crippen LogP contribution < -0.4 is 10.6 Å². The summed E-state index contributed by atoms with van der Waals surface area (Å²) in [4.78, 5) is 32.2. The molecule has 0 saturated carbocycles. The number of nitrogens with zero attached hydrogens (tertiary/aromatic N) is 3. The van der Waals surface area contributed by atoms with Crippen LogP contribution in [0.3, 0.4) is 0 Å². The fraction of sp³-hybridized carbons (Fsp3) is 0.129. The van der Waals surface area contributed by atoms with Gasteiger partial charge in [-0.25, -0.2) is 14.2 Å². The molecule has 1 unspecified atom stereocenters. The Hall–Kier alpha value is -5.38. The van der Waals surface area contributed by atoms with Crippen LogP contribution in [0, 0.1) is 19.7 Å². The molecule has 0 radical (unpaired) electrons. The second-order valence-electron chi connectivity index (χ2n) is 9.43. The Kier molecular flexibility index (Phi) is 8.10. The molecule has 0 fully saturated rings. The monoisotopic (exact) mass is 551 g/mol. The minimum atomic E-state index is -1.05. The highest BCUT2D eigenvalue weighted by atomic mass is 19.1. The van der Waals surface area contributed by atoms with E-state index in [1.54, 1.807) is 18.3 Å². The zero-order valence-corrected chi connectivity index (χ0v) is 22.3. The predicted molar refractivity (Wildman–Crippen MR) is 151 cm³/mol. The summed E-state index contributed by atoms with van der Waals surface area (Å²) < 4.78 is 25.3. The van der Waals surface area contributed by atoms with Crippen LogP contribution in [0.25, 0.3) is 34.0 Å². The van der Waals surface area contributed by atoms with E-state index >= 15 is 4.39 Å². The first-order valence-electron chi connectivity index (χ1n) is 12.8. The summed E-state index contributed by atoms with van der Waals surface area (Å²) in [6, 6.07) is 22.8. The van der Waals surface area contributed by atoms with Crippen molar-refractivity contribution in [2.24, 2.45) is 0 Å². The lowest BCUT2D eigenvalue weighted by Crippen LogP contribution is -2.41. The third kappa shape index (κ3) is 6.80. The summed E-state index contributed by atoms with van der Waals surface area (Å²) in [7, 11) is 0. The minimum Gasteiger partial charge on any atom is -0.443 e. The third-order valence-corrected chi connectivity index (χ3v) is 6.32. The first-order chi connectivity index (χ1) is 19.9. The molecule has 0 spiro atoms. The highest BCUT2D eigenvalue weighted by Gasteiger charge is 2.18. The number of carbonyl (C=O) groups excluding carboxylic acids is 2. The number of halogens is 1. The maximum absolute atomic E-state index is 15.0. The van der Waals surface area contributed by atoms with Crippen LogP contribution in [0.1, 0.15) is 16.7 Å². The van der Waals surface area contributed by atoms with E-state index in [1.165, 1.54) is 12.1 Å². The first kappa shape index (κ1) is 27.2. The molecule has 2 heterocycles. The zero-order chi connectivity index (χ0) is 28.8. The second-order valence-corrected chi connectivity index (χ2v) is 9.43. The molecule has 1 atom stereocenters. The van der Waals surface area contributed by atoms with Crippen LogP contribution in [-0.4, -0.2) is 33.9 Å². The average molecular weight is 552 g/mol. The number of aryl methyl sites for hydroxylation is 2. The fourth-order valence-electron chi connectivity index (χ4n) is 4.11. The van der Waals surface area contributed by atoms with Gasteiger partial charge in [-0.15, -0.1) is 0 Å². The van der Waals surface area contributed by atoms with E-state index in [-0.39, 0.29) is 30.2 Å². The Morgan fingerprint density at radius 1 is 0.951 bits per heavy atom. The van der Waals surface area contributed by atoms with Crippen molar-refractivity contribution in [3.63, 3.8) is 0 Å². The van der Waals surface area contributed by atoms with E-state index < -0.39 is 18.1 Å². The van der Waals surface area contributed by atoms with Gasteiger partial charge in [0.2, 0.25) is 5.82 Å². The van der Waals surface area contributed by atoms with E-state index in [0.717, 1.165) is 27.8 Å². The molecule has 5 aromatic rings. The van der Waals surface area contributed by atoms with Crippen LogP contribution in [0.2, 0.25) is 0 Å². The van der Waals surface area contributed by atoms with Gasteiger partial charge in [0, 0.05) is 23.7 Å². The molecule has 5 rings (SSSR count). The smallest absolute Gasteiger partial charge is 0.323 e.